The molecule has 10 heteroatoms. The van der Waals surface area contributed by atoms with Gasteiger partial charge in [0.1, 0.15) is 4.88 Å². The molecule has 1 aliphatic carbocycles. The number of amides is 1. The monoisotopic (exact) mass is 478 g/mol. The van der Waals surface area contributed by atoms with E-state index in [1.807, 2.05) is 6.07 Å². The number of nitrogens with zero attached hydrogens (tertiary/aromatic N) is 1. The molecule has 1 aliphatic heterocycles. The number of ether oxygens (including phenoxy) is 2. The average Bonchev–Trinajstić information content (AvgIpc) is 3.24. The molecule has 2 heterocycles. The molecule has 8 nitrogen and oxygen atoms in total. The lowest BCUT2D eigenvalue weighted by Gasteiger charge is -2.26. The van der Waals surface area contributed by atoms with E-state index in [0.717, 1.165) is 25.7 Å². The van der Waals surface area contributed by atoms with Gasteiger partial charge in [0.05, 0.1) is 18.1 Å². The highest BCUT2D eigenvalue weighted by atomic mass is 32.2. The molecule has 172 valence electrons. The number of hydrogen-bond acceptors (Lipinski definition) is 7. The van der Waals surface area contributed by atoms with Crippen molar-refractivity contribution in [2.45, 2.75) is 37.5 Å². The number of rotatable bonds is 6. The summed E-state index contributed by atoms with van der Waals surface area (Å²) in [5.41, 5.74) is 2.27. The Bertz CT molecular complexity index is 1100. The fourth-order valence-corrected chi connectivity index (χ4v) is 6.39. The predicted octanol–water partition coefficient (Wildman–Crippen LogP) is 2.75. The van der Waals surface area contributed by atoms with Gasteiger partial charge >= 0.3 is 5.97 Å². The molecule has 1 N–H and O–H groups in total. The normalized spacial score (nSPS) is 16.9. The third-order valence-electron chi connectivity index (χ3n) is 5.62. The lowest BCUT2D eigenvalue weighted by atomic mass is 9.99. The molecule has 0 spiro atoms. The SMILES string of the molecule is Cc1ccc(S(=O)(=O)N2CCOCC2)cc1NC(=O)COC(=O)c1cc2c(s1)CCCC2. The van der Waals surface area contributed by atoms with Gasteiger partial charge in [-0.05, 0) is 61.9 Å². The minimum absolute atomic E-state index is 0.0986. The van der Waals surface area contributed by atoms with E-state index < -0.39 is 28.5 Å². The minimum Gasteiger partial charge on any atom is -0.451 e. The van der Waals surface area contributed by atoms with Crippen molar-refractivity contribution in [3.05, 3.63) is 45.1 Å². The van der Waals surface area contributed by atoms with Gasteiger partial charge in [0.25, 0.3) is 5.91 Å². The highest BCUT2D eigenvalue weighted by molar-refractivity contribution is 7.89. The molecule has 1 saturated heterocycles. The quantitative estimate of drug-likeness (QED) is 0.641. The second-order valence-electron chi connectivity index (χ2n) is 7.88. The number of carbonyl (C=O) groups is 2. The van der Waals surface area contributed by atoms with Crippen LogP contribution in [0.25, 0.3) is 0 Å². The molecule has 0 unspecified atom stereocenters. The van der Waals surface area contributed by atoms with E-state index in [2.05, 4.69) is 5.32 Å². The summed E-state index contributed by atoms with van der Waals surface area (Å²) in [6, 6.07) is 6.47. The molecular weight excluding hydrogens is 452 g/mol. The zero-order chi connectivity index (χ0) is 22.7. The lowest BCUT2D eigenvalue weighted by Crippen LogP contribution is -2.40. The Labute approximate surface area is 191 Å². The van der Waals surface area contributed by atoms with Crippen molar-refractivity contribution in [3.8, 4) is 0 Å². The highest BCUT2D eigenvalue weighted by Gasteiger charge is 2.27. The third kappa shape index (κ3) is 5.03. The number of benzene rings is 1. The molecule has 32 heavy (non-hydrogen) atoms. The van der Waals surface area contributed by atoms with Crippen LogP contribution in [0.1, 0.15) is 38.5 Å². The number of aryl methyl sites for hydroxylation is 3. The maximum Gasteiger partial charge on any atom is 0.348 e. The number of fused-ring (bicyclic) bond motifs is 1. The summed E-state index contributed by atoms with van der Waals surface area (Å²) in [5.74, 6) is -1.04. The van der Waals surface area contributed by atoms with Crippen LogP contribution >= 0.6 is 11.3 Å². The molecule has 0 saturated carbocycles. The third-order valence-corrected chi connectivity index (χ3v) is 8.73. The van der Waals surface area contributed by atoms with Crippen LogP contribution in [0.4, 0.5) is 5.69 Å². The van der Waals surface area contributed by atoms with Gasteiger partial charge in [-0.15, -0.1) is 11.3 Å². The summed E-state index contributed by atoms with van der Waals surface area (Å²) < 4.78 is 37.5. The molecular formula is C22H26N2O6S2. The van der Waals surface area contributed by atoms with Crippen LogP contribution in [0.3, 0.4) is 0 Å². The lowest BCUT2D eigenvalue weighted by molar-refractivity contribution is -0.119. The standard InChI is InChI=1S/C22H26N2O6S2/c1-15-6-7-17(32(27,28)24-8-10-29-11-9-24)13-18(15)23-21(25)14-30-22(26)20-12-16-4-2-3-5-19(16)31-20/h6-7,12-13H,2-5,8-11,14H2,1H3,(H,23,25). The van der Waals surface area contributed by atoms with E-state index in [9.17, 15) is 18.0 Å². The number of esters is 1. The molecule has 0 radical (unpaired) electrons. The van der Waals surface area contributed by atoms with Crippen LogP contribution < -0.4 is 5.32 Å². The van der Waals surface area contributed by atoms with E-state index >= 15 is 0 Å². The molecule has 1 amide bonds. The van der Waals surface area contributed by atoms with Crippen LogP contribution in [-0.2, 0) is 37.1 Å². The van der Waals surface area contributed by atoms with Crippen LogP contribution in [0.2, 0.25) is 0 Å². The van der Waals surface area contributed by atoms with Gasteiger partial charge in [-0.1, -0.05) is 6.07 Å². The Morgan fingerprint density at radius 1 is 1.16 bits per heavy atom. The smallest absolute Gasteiger partial charge is 0.348 e. The Hall–Kier alpha value is -2.27. The van der Waals surface area contributed by atoms with E-state index in [1.165, 1.54) is 38.2 Å². The Morgan fingerprint density at radius 3 is 2.66 bits per heavy atom. The van der Waals surface area contributed by atoms with Crippen LogP contribution in [-0.4, -0.2) is 57.5 Å². The Balaban J connectivity index is 1.39. The van der Waals surface area contributed by atoms with Crippen LogP contribution in [0, 0.1) is 6.92 Å². The van der Waals surface area contributed by atoms with Gasteiger partial charge < -0.3 is 14.8 Å². The van der Waals surface area contributed by atoms with Gasteiger partial charge in [0.15, 0.2) is 6.61 Å². The first-order valence-electron chi connectivity index (χ1n) is 10.6. The van der Waals surface area contributed by atoms with Crippen molar-refractivity contribution < 1.29 is 27.5 Å². The molecule has 1 aromatic carbocycles. The van der Waals surface area contributed by atoms with Crippen molar-refractivity contribution in [2.75, 3.05) is 38.2 Å². The number of hydrogen-bond donors (Lipinski definition) is 1. The van der Waals surface area contributed by atoms with E-state index in [4.69, 9.17) is 9.47 Å². The molecule has 1 fully saturated rings. The summed E-state index contributed by atoms with van der Waals surface area (Å²) in [5, 5.41) is 2.66. The van der Waals surface area contributed by atoms with Crippen molar-refractivity contribution in [1.29, 1.82) is 0 Å². The molecule has 0 atom stereocenters. The first kappa shape index (κ1) is 22.9. The van der Waals surface area contributed by atoms with E-state index in [1.54, 1.807) is 13.0 Å². The van der Waals surface area contributed by atoms with E-state index in [-0.39, 0.29) is 4.90 Å². The van der Waals surface area contributed by atoms with Gasteiger partial charge in [-0.2, -0.15) is 4.31 Å². The maximum atomic E-state index is 12.9. The van der Waals surface area contributed by atoms with Gasteiger partial charge in [-0.25, -0.2) is 13.2 Å². The van der Waals surface area contributed by atoms with Gasteiger partial charge in [0, 0.05) is 23.7 Å². The van der Waals surface area contributed by atoms with Crippen molar-refractivity contribution >= 4 is 38.9 Å². The zero-order valence-corrected chi connectivity index (χ0v) is 19.5. The fourth-order valence-electron chi connectivity index (χ4n) is 3.81. The first-order valence-corrected chi connectivity index (χ1v) is 12.9. The van der Waals surface area contributed by atoms with Crippen LogP contribution in [0.15, 0.2) is 29.2 Å². The van der Waals surface area contributed by atoms with E-state index in [0.29, 0.717) is 42.4 Å². The average molecular weight is 479 g/mol. The summed E-state index contributed by atoms with van der Waals surface area (Å²) in [6.45, 7) is 2.62. The topological polar surface area (TPSA) is 102 Å². The minimum atomic E-state index is -3.68. The second-order valence-corrected chi connectivity index (χ2v) is 11.0. The fraction of sp³-hybridized carbons (Fsp3) is 0.455. The summed E-state index contributed by atoms with van der Waals surface area (Å²) in [7, 11) is -3.68. The first-order chi connectivity index (χ1) is 15.3. The Morgan fingerprint density at radius 2 is 1.91 bits per heavy atom. The molecule has 2 aromatic rings. The molecule has 0 bridgehead atoms. The molecule has 2 aliphatic rings. The number of anilines is 1. The molecule has 4 rings (SSSR count). The largest absolute Gasteiger partial charge is 0.451 e. The Kier molecular flexibility index (Phi) is 6.94. The number of sulfonamides is 1. The van der Waals surface area contributed by atoms with Crippen molar-refractivity contribution in [3.63, 3.8) is 0 Å². The van der Waals surface area contributed by atoms with Crippen molar-refractivity contribution in [1.82, 2.24) is 4.31 Å². The summed E-state index contributed by atoms with van der Waals surface area (Å²) >= 11 is 1.43. The maximum absolute atomic E-state index is 12.9. The van der Waals surface area contributed by atoms with Crippen LogP contribution in [0.5, 0.6) is 0 Å². The number of nitrogens with one attached hydrogen (secondary N) is 1. The second kappa shape index (κ2) is 9.70. The van der Waals surface area contributed by atoms with Gasteiger partial charge in [-0.3, -0.25) is 4.79 Å². The predicted molar refractivity (Wildman–Crippen MR) is 121 cm³/mol. The number of thiophene rings is 1. The molecule has 1 aromatic heterocycles. The van der Waals surface area contributed by atoms with Crippen molar-refractivity contribution in [2.24, 2.45) is 0 Å². The number of morpholine rings is 1. The zero-order valence-electron chi connectivity index (χ0n) is 17.9. The van der Waals surface area contributed by atoms with Gasteiger partial charge in [0.2, 0.25) is 10.0 Å². The summed E-state index contributed by atoms with van der Waals surface area (Å²) in [4.78, 5) is 26.6. The highest BCUT2D eigenvalue weighted by Crippen LogP contribution is 2.30. The number of carbonyl (C=O) groups excluding carboxylic acids is 2. The summed E-state index contributed by atoms with van der Waals surface area (Å²) in [6.07, 6.45) is 4.21.